The zero-order valence-electron chi connectivity index (χ0n) is 33.4. The van der Waals surface area contributed by atoms with Gasteiger partial charge in [0.15, 0.2) is 0 Å². The van der Waals surface area contributed by atoms with Crippen molar-refractivity contribution in [2.75, 3.05) is 0 Å². The summed E-state index contributed by atoms with van der Waals surface area (Å²) in [4.78, 5) is 67.2. The lowest BCUT2D eigenvalue weighted by Gasteiger charge is -2.18. The number of aryl methyl sites for hydroxylation is 3. The lowest BCUT2D eigenvalue weighted by atomic mass is 9.99. The van der Waals surface area contributed by atoms with Crippen molar-refractivity contribution in [1.29, 1.82) is 0 Å². The second kappa shape index (κ2) is 16.8. The lowest BCUT2D eigenvalue weighted by Crippen LogP contribution is -2.44. The molecular weight excluding hydrogens is 709 g/mol. The number of hydrogen-bond acceptors (Lipinski definition) is 6. The van der Waals surface area contributed by atoms with Crippen molar-refractivity contribution in [3.8, 4) is 0 Å². The molecule has 0 saturated heterocycles. The molecule has 0 spiro atoms. The van der Waals surface area contributed by atoms with Crippen LogP contribution in [-0.2, 0) is 25.6 Å². The van der Waals surface area contributed by atoms with Gasteiger partial charge >= 0.3 is 11.9 Å². The largest absolute Gasteiger partial charge is 0.480 e. The van der Waals surface area contributed by atoms with Crippen LogP contribution in [-0.4, -0.2) is 66.0 Å². The number of allylic oxidation sites excluding steroid dienone is 5. The number of fused-ring (bicyclic) bond motifs is 8. The summed E-state index contributed by atoms with van der Waals surface area (Å²) in [7, 11) is 0. The summed E-state index contributed by atoms with van der Waals surface area (Å²) in [6.45, 7) is 23.1. The molecule has 0 radical (unpaired) electrons. The number of carboxylic acids is 2. The van der Waals surface area contributed by atoms with Crippen LogP contribution in [0.2, 0.25) is 0 Å². The molecule has 2 amide bonds. The van der Waals surface area contributed by atoms with Gasteiger partial charge in [0.1, 0.15) is 12.1 Å². The maximum atomic E-state index is 13.2. The molecule has 3 aromatic rings. The zero-order valence-corrected chi connectivity index (χ0v) is 33.4. The van der Waals surface area contributed by atoms with E-state index in [1.807, 2.05) is 58.0 Å². The number of carbonyl (C=O) groups is 4. The fourth-order valence-electron chi connectivity index (χ4n) is 7.30. The molecular formula is C44H52N6O6. The van der Waals surface area contributed by atoms with Crippen LogP contribution < -0.4 is 10.6 Å². The summed E-state index contributed by atoms with van der Waals surface area (Å²) in [5.74, 6) is -3.53. The monoisotopic (exact) mass is 760 g/mol. The average Bonchev–Trinajstić information content (AvgIpc) is 3.79. The minimum atomic E-state index is -1.09. The number of H-pyrrole nitrogens is 2. The smallest absolute Gasteiger partial charge is 0.326 e. The Morgan fingerprint density at radius 2 is 1.18 bits per heavy atom. The third-order valence-corrected chi connectivity index (χ3v) is 10.7. The molecule has 6 N–H and O–H groups in total. The SMILES string of the molecule is C=CC1=C(C)c2cc3nc(cc4[nH]c(cc5[nH]c(cc1n2)c(C)c5C=C)c(C)c4CCC(=O)N[C@H](C(=O)O)C(C)C)C(CCC(=O)N[C@H](C(=O)O)C(C)C)=C3C. The molecule has 2 aliphatic heterocycles. The van der Waals surface area contributed by atoms with Gasteiger partial charge in [-0.05, 0) is 110 Å². The minimum absolute atomic E-state index is 0.0334. The second-order valence-corrected chi connectivity index (χ2v) is 15.2. The first-order chi connectivity index (χ1) is 26.4. The van der Waals surface area contributed by atoms with Crippen LogP contribution >= 0.6 is 0 Å². The molecule has 0 saturated carbocycles. The zero-order chi connectivity index (χ0) is 41.2. The number of carboxylic acid groups (broad SMARTS) is 2. The molecule has 0 fully saturated rings. The van der Waals surface area contributed by atoms with Crippen molar-refractivity contribution in [3.05, 3.63) is 88.5 Å². The Balaban J connectivity index is 1.74. The van der Waals surface area contributed by atoms with Gasteiger partial charge in [0.05, 0.1) is 22.8 Å². The number of nitrogens with one attached hydrogen (secondary N) is 4. The molecule has 3 aromatic heterocycles. The van der Waals surface area contributed by atoms with E-state index in [4.69, 9.17) is 9.97 Å². The van der Waals surface area contributed by atoms with E-state index in [0.717, 1.165) is 72.5 Å². The number of hydrogen-bond donors (Lipinski definition) is 6. The first kappa shape index (κ1) is 41.1. The Morgan fingerprint density at radius 3 is 1.73 bits per heavy atom. The number of nitrogens with zero attached hydrogens (tertiary/aromatic N) is 2. The second-order valence-electron chi connectivity index (χ2n) is 15.2. The molecule has 5 rings (SSSR count). The summed E-state index contributed by atoms with van der Waals surface area (Å²) in [5.41, 5.74) is 13.1. The molecule has 0 aliphatic carbocycles. The molecule has 2 aliphatic rings. The topological polar surface area (TPSA) is 190 Å². The molecule has 2 atom stereocenters. The quantitative estimate of drug-likeness (QED) is 0.0960. The minimum Gasteiger partial charge on any atom is -0.480 e. The summed E-state index contributed by atoms with van der Waals surface area (Å²) in [6, 6.07) is 5.83. The summed E-state index contributed by atoms with van der Waals surface area (Å²) < 4.78 is 0. The Kier molecular flexibility index (Phi) is 12.3. The van der Waals surface area contributed by atoms with Gasteiger partial charge in [-0.1, -0.05) is 53.0 Å². The van der Waals surface area contributed by atoms with Crippen molar-refractivity contribution in [3.63, 3.8) is 0 Å². The molecule has 0 unspecified atom stereocenters. The standard InChI is InChI=1S/C44H52N6O6/c1-11-27-23(7)31-17-32-25(9)29(13-15-39(51)49-41(21(3)4)43(53)54)37(47-32)20-38-30(14-16-40(52)50-42(22(5)6)44(55)56)26(10)34(48-38)19-36-28(12-2)24(8)33(46-36)18-35(27)45-31/h11-12,17-22,41-42,46,48H,1-2,13-16H2,3-10H3,(H,49,51)(H,50,52)(H,53,54)(H,55,56)/t41-,42-/m0/s1. The van der Waals surface area contributed by atoms with Crippen LogP contribution in [0.5, 0.6) is 0 Å². The fourth-order valence-corrected chi connectivity index (χ4v) is 7.30. The summed E-state index contributed by atoms with van der Waals surface area (Å²) in [5, 5.41) is 24.7. The van der Waals surface area contributed by atoms with Crippen LogP contribution in [0.25, 0.3) is 50.4 Å². The Hall–Kier alpha value is -6.04. The predicted octanol–water partition coefficient (Wildman–Crippen LogP) is 7.79. The highest BCUT2D eigenvalue weighted by atomic mass is 16.4. The molecule has 56 heavy (non-hydrogen) atoms. The van der Waals surface area contributed by atoms with Gasteiger partial charge in [-0.2, -0.15) is 0 Å². The average molecular weight is 761 g/mol. The first-order valence-electron chi connectivity index (χ1n) is 18.9. The molecule has 12 nitrogen and oxygen atoms in total. The highest BCUT2D eigenvalue weighted by Gasteiger charge is 2.26. The van der Waals surface area contributed by atoms with Crippen molar-refractivity contribution in [1.82, 2.24) is 30.6 Å². The number of aromatic amines is 2. The van der Waals surface area contributed by atoms with E-state index in [-0.39, 0.29) is 42.9 Å². The maximum absolute atomic E-state index is 13.2. The molecule has 0 aromatic carbocycles. The van der Waals surface area contributed by atoms with Crippen LogP contribution in [0.4, 0.5) is 0 Å². The number of amides is 2. The van der Waals surface area contributed by atoms with E-state index in [0.29, 0.717) is 23.3 Å². The van der Waals surface area contributed by atoms with Gasteiger partial charge in [-0.15, -0.1) is 0 Å². The summed E-state index contributed by atoms with van der Waals surface area (Å²) >= 11 is 0. The Labute approximate surface area is 327 Å². The van der Waals surface area contributed by atoms with E-state index >= 15 is 0 Å². The van der Waals surface area contributed by atoms with E-state index in [2.05, 4.69) is 33.8 Å². The number of aliphatic carboxylic acids is 2. The molecule has 8 bridgehead atoms. The molecule has 12 heteroatoms. The molecule has 294 valence electrons. The third kappa shape index (κ3) is 8.44. The van der Waals surface area contributed by atoms with E-state index in [1.165, 1.54) is 0 Å². The third-order valence-electron chi connectivity index (χ3n) is 10.7. The Morgan fingerprint density at radius 1 is 0.661 bits per heavy atom. The number of carbonyl (C=O) groups excluding carboxylic acids is 2. The summed E-state index contributed by atoms with van der Waals surface area (Å²) in [6.07, 6.45) is 4.28. The Bertz CT molecular complexity index is 2370. The number of rotatable bonds is 14. The van der Waals surface area contributed by atoms with Gasteiger partial charge in [0.25, 0.3) is 0 Å². The highest BCUT2D eigenvalue weighted by molar-refractivity contribution is 5.99. The van der Waals surface area contributed by atoms with Gasteiger partial charge in [0, 0.05) is 46.0 Å². The van der Waals surface area contributed by atoms with Crippen molar-refractivity contribution >= 4 is 74.2 Å². The van der Waals surface area contributed by atoms with Crippen LogP contribution in [0.1, 0.15) is 106 Å². The normalized spacial score (nSPS) is 13.9. The van der Waals surface area contributed by atoms with Crippen LogP contribution in [0.3, 0.4) is 0 Å². The van der Waals surface area contributed by atoms with E-state index in [9.17, 15) is 29.4 Å². The van der Waals surface area contributed by atoms with Crippen LogP contribution in [0.15, 0.2) is 43.5 Å². The van der Waals surface area contributed by atoms with Crippen LogP contribution in [0, 0.1) is 25.7 Å². The first-order valence-corrected chi connectivity index (χ1v) is 18.9. The van der Waals surface area contributed by atoms with E-state index < -0.39 is 24.0 Å². The highest BCUT2D eigenvalue weighted by Crippen LogP contribution is 2.37. The predicted molar refractivity (Wildman–Crippen MR) is 222 cm³/mol. The maximum Gasteiger partial charge on any atom is 0.326 e. The van der Waals surface area contributed by atoms with Gasteiger partial charge < -0.3 is 30.8 Å². The van der Waals surface area contributed by atoms with Crippen molar-refractivity contribution in [2.24, 2.45) is 11.8 Å². The van der Waals surface area contributed by atoms with E-state index in [1.54, 1.807) is 33.8 Å². The van der Waals surface area contributed by atoms with Crippen molar-refractivity contribution < 1.29 is 29.4 Å². The van der Waals surface area contributed by atoms with Gasteiger partial charge in [0.2, 0.25) is 11.8 Å². The fraction of sp³-hybridized carbons (Fsp3) is 0.364. The molecule has 5 heterocycles. The van der Waals surface area contributed by atoms with Gasteiger partial charge in [-0.25, -0.2) is 19.6 Å². The van der Waals surface area contributed by atoms with Gasteiger partial charge in [-0.3, -0.25) is 9.59 Å². The van der Waals surface area contributed by atoms with Crippen molar-refractivity contribution in [2.45, 2.75) is 93.2 Å². The number of aromatic nitrogens is 4. The lowest BCUT2D eigenvalue weighted by molar-refractivity contribution is -0.143.